The standard InChI is InChI=1S/C25H29N5O2S/c1-17-18(2)29(13-14-32-3)25(27-17)33-16-23(31)28-24-21(15-26)20-11-7-8-12-22(20)30(24)19-9-5-4-6-10-19/h4-6,9-10H,7-8,11-14,16H2,1-3H3,(H,28,31). The topological polar surface area (TPSA) is 84.9 Å². The number of ether oxygens (including phenoxy) is 1. The first-order valence-corrected chi connectivity index (χ1v) is 12.2. The molecule has 0 spiro atoms. The zero-order valence-corrected chi connectivity index (χ0v) is 20.2. The summed E-state index contributed by atoms with van der Waals surface area (Å²) in [5, 5.41) is 13.8. The number of hydrogen-bond donors (Lipinski definition) is 1. The molecule has 2 heterocycles. The van der Waals surface area contributed by atoms with Crippen molar-refractivity contribution in [3.8, 4) is 11.8 Å². The van der Waals surface area contributed by atoms with Gasteiger partial charge in [-0.05, 0) is 57.2 Å². The van der Waals surface area contributed by atoms with E-state index in [1.165, 1.54) is 11.8 Å². The maximum absolute atomic E-state index is 13.1. The lowest BCUT2D eigenvalue weighted by Gasteiger charge is -2.17. The molecule has 33 heavy (non-hydrogen) atoms. The number of methoxy groups -OCH3 is 1. The summed E-state index contributed by atoms with van der Waals surface area (Å²) in [4.78, 5) is 17.7. The van der Waals surface area contributed by atoms with Crippen LogP contribution in [0.3, 0.4) is 0 Å². The van der Waals surface area contributed by atoms with Crippen LogP contribution in [-0.4, -0.2) is 39.5 Å². The van der Waals surface area contributed by atoms with Crippen LogP contribution in [0.15, 0.2) is 35.5 Å². The molecule has 1 aliphatic carbocycles. The number of imidazole rings is 1. The van der Waals surface area contributed by atoms with E-state index in [1.54, 1.807) is 7.11 Å². The van der Waals surface area contributed by atoms with Crippen molar-refractivity contribution in [2.45, 2.75) is 51.2 Å². The average Bonchev–Trinajstić information content (AvgIpc) is 3.29. The smallest absolute Gasteiger partial charge is 0.236 e. The molecule has 0 saturated carbocycles. The number of nitrogens with zero attached hydrogens (tertiary/aromatic N) is 4. The SMILES string of the molecule is COCCn1c(SCC(=O)Nc2c(C#N)c3c(n2-c2ccccc2)CCCC3)nc(C)c1C. The molecule has 0 atom stereocenters. The summed E-state index contributed by atoms with van der Waals surface area (Å²) in [6.07, 6.45) is 3.91. The molecule has 1 N–H and O–H groups in total. The van der Waals surface area contributed by atoms with E-state index in [0.29, 0.717) is 24.5 Å². The molecule has 172 valence electrons. The van der Waals surface area contributed by atoms with E-state index in [9.17, 15) is 10.1 Å². The third kappa shape index (κ3) is 4.70. The van der Waals surface area contributed by atoms with Crippen LogP contribution in [-0.2, 0) is 28.9 Å². The number of benzene rings is 1. The number of nitriles is 1. The highest BCUT2D eigenvalue weighted by molar-refractivity contribution is 7.99. The summed E-state index contributed by atoms with van der Waals surface area (Å²) in [5.41, 5.74) is 5.77. The number of carbonyl (C=O) groups is 1. The average molecular weight is 464 g/mol. The minimum Gasteiger partial charge on any atom is -0.383 e. The van der Waals surface area contributed by atoms with Crippen LogP contribution in [0.25, 0.3) is 5.69 Å². The third-order valence-electron chi connectivity index (χ3n) is 6.13. The van der Waals surface area contributed by atoms with Gasteiger partial charge in [0.15, 0.2) is 5.16 Å². The van der Waals surface area contributed by atoms with Crippen LogP contribution in [0.4, 0.5) is 5.82 Å². The van der Waals surface area contributed by atoms with Gasteiger partial charge in [-0.3, -0.25) is 9.36 Å². The van der Waals surface area contributed by atoms with Gasteiger partial charge in [0, 0.05) is 30.7 Å². The first-order valence-electron chi connectivity index (χ1n) is 11.2. The molecule has 2 aromatic heterocycles. The van der Waals surface area contributed by atoms with Gasteiger partial charge in [-0.25, -0.2) is 4.98 Å². The Labute approximate surface area is 198 Å². The Morgan fingerprint density at radius 2 is 2.00 bits per heavy atom. The Hall–Kier alpha value is -3.02. The van der Waals surface area contributed by atoms with Gasteiger partial charge in [0.2, 0.25) is 5.91 Å². The van der Waals surface area contributed by atoms with E-state index >= 15 is 0 Å². The second kappa shape index (κ2) is 10.3. The van der Waals surface area contributed by atoms with Gasteiger partial charge < -0.3 is 14.6 Å². The van der Waals surface area contributed by atoms with Crippen molar-refractivity contribution < 1.29 is 9.53 Å². The number of thioether (sulfide) groups is 1. The molecule has 3 aromatic rings. The van der Waals surface area contributed by atoms with Crippen molar-refractivity contribution in [2.75, 3.05) is 24.8 Å². The van der Waals surface area contributed by atoms with Gasteiger partial charge >= 0.3 is 0 Å². The van der Waals surface area contributed by atoms with E-state index in [4.69, 9.17) is 4.74 Å². The maximum Gasteiger partial charge on any atom is 0.236 e. The fourth-order valence-electron chi connectivity index (χ4n) is 4.37. The predicted molar refractivity (Wildman–Crippen MR) is 130 cm³/mol. The van der Waals surface area contributed by atoms with Crippen LogP contribution in [0, 0.1) is 25.2 Å². The minimum absolute atomic E-state index is 0.153. The van der Waals surface area contributed by atoms with Crippen LogP contribution in [0.2, 0.25) is 0 Å². The van der Waals surface area contributed by atoms with Crippen molar-refractivity contribution in [2.24, 2.45) is 0 Å². The highest BCUT2D eigenvalue weighted by Crippen LogP contribution is 2.35. The lowest BCUT2D eigenvalue weighted by atomic mass is 9.95. The van der Waals surface area contributed by atoms with Crippen molar-refractivity contribution in [1.29, 1.82) is 5.26 Å². The first-order chi connectivity index (χ1) is 16.0. The summed E-state index contributed by atoms with van der Waals surface area (Å²) in [6.45, 7) is 5.27. The Balaban J connectivity index is 1.60. The Bertz CT molecular complexity index is 1190. The zero-order chi connectivity index (χ0) is 23.4. The molecular weight excluding hydrogens is 434 g/mol. The Kier molecular flexibility index (Phi) is 7.21. The van der Waals surface area contributed by atoms with Gasteiger partial charge in [-0.15, -0.1) is 0 Å². The van der Waals surface area contributed by atoms with Crippen LogP contribution in [0.5, 0.6) is 0 Å². The van der Waals surface area contributed by atoms with E-state index in [2.05, 4.69) is 25.5 Å². The van der Waals surface area contributed by atoms with Crippen molar-refractivity contribution in [1.82, 2.24) is 14.1 Å². The number of rotatable bonds is 8. The first kappa shape index (κ1) is 23.1. The summed E-state index contributed by atoms with van der Waals surface area (Å²) in [5.74, 6) is 0.634. The van der Waals surface area contributed by atoms with E-state index < -0.39 is 0 Å². The molecule has 0 fully saturated rings. The van der Waals surface area contributed by atoms with Gasteiger partial charge in [0.05, 0.1) is 23.6 Å². The van der Waals surface area contributed by atoms with Crippen LogP contribution < -0.4 is 5.32 Å². The molecule has 1 amide bonds. The third-order valence-corrected chi connectivity index (χ3v) is 7.11. The van der Waals surface area contributed by atoms with E-state index in [0.717, 1.165) is 59.2 Å². The van der Waals surface area contributed by atoms with Crippen molar-refractivity contribution in [3.05, 3.63) is 58.5 Å². The monoisotopic (exact) mass is 463 g/mol. The summed E-state index contributed by atoms with van der Waals surface area (Å²) in [6, 6.07) is 12.3. The number of amides is 1. The second-order valence-electron chi connectivity index (χ2n) is 8.19. The molecule has 0 radical (unpaired) electrons. The molecule has 0 aliphatic heterocycles. The number of anilines is 1. The molecule has 7 nitrogen and oxygen atoms in total. The largest absolute Gasteiger partial charge is 0.383 e. The lowest BCUT2D eigenvalue weighted by Crippen LogP contribution is -2.18. The Morgan fingerprint density at radius 3 is 2.73 bits per heavy atom. The number of nitrogens with one attached hydrogen (secondary N) is 1. The molecule has 0 saturated heterocycles. The Morgan fingerprint density at radius 1 is 1.24 bits per heavy atom. The normalized spacial score (nSPS) is 12.9. The zero-order valence-electron chi connectivity index (χ0n) is 19.4. The number of para-hydroxylation sites is 1. The van der Waals surface area contributed by atoms with Gasteiger partial charge in [-0.2, -0.15) is 5.26 Å². The van der Waals surface area contributed by atoms with Crippen molar-refractivity contribution >= 4 is 23.5 Å². The molecule has 1 aromatic carbocycles. The van der Waals surface area contributed by atoms with E-state index in [-0.39, 0.29) is 11.7 Å². The fraction of sp³-hybridized carbons (Fsp3) is 0.400. The molecule has 1 aliphatic rings. The molecule has 0 bridgehead atoms. The summed E-state index contributed by atoms with van der Waals surface area (Å²) >= 11 is 1.40. The molecule has 4 rings (SSSR count). The number of aromatic nitrogens is 3. The van der Waals surface area contributed by atoms with Crippen molar-refractivity contribution in [3.63, 3.8) is 0 Å². The second-order valence-corrected chi connectivity index (χ2v) is 9.13. The fourth-order valence-corrected chi connectivity index (χ4v) is 5.29. The summed E-state index contributed by atoms with van der Waals surface area (Å²) in [7, 11) is 1.67. The molecule has 0 unspecified atom stereocenters. The molecule has 8 heteroatoms. The van der Waals surface area contributed by atoms with Crippen LogP contribution in [0.1, 0.15) is 41.1 Å². The van der Waals surface area contributed by atoms with Gasteiger partial charge in [0.1, 0.15) is 11.9 Å². The van der Waals surface area contributed by atoms with Crippen LogP contribution >= 0.6 is 11.8 Å². The van der Waals surface area contributed by atoms with Gasteiger partial charge in [0.25, 0.3) is 0 Å². The van der Waals surface area contributed by atoms with Gasteiger partial charge in [-0.1, -0.05) is 30.0 Å². The van der Waals surface area contributed by atoms with E-state index in [1.807, 2.05) is 44.2 Å². The highest BCUT2D eigenvalue weighted by atomic mass is 32.2. The number of hydrogen-bond acceptors (Lipinski definition) is 5. The predicted octanol–water partition coefficient (Wildman–Crippen LogP) is 4.42. The highest BCUT2D eigenvalue weighted by Gasteiger charge is 2.27. The number of fused-ring (bicyclic) bond motifs is 1. The number of aryl methyl sites for hydroxylation is 1. The molecular formula is C25H29N5O2S. The summed E-state index contributed by atoms with van der Waals surface area (Å²) < 4.78 is 9.36. The minimum atomic E-state index is -0.153. The lowest BCUT2D eigenvalue weighted by molar-refractivity contribution is -0.113. The maximum atomic E-state index is 13.1. The quantitative estimate of drug-likeness (QED) is 0.500. The number of carbonyl (C=O) groups excluding carboxylic acids is 1.